The lowest BCUT2D eigenvalue weighted by molar-refractivity contribution is -0.176. The molecule has 0 aliphatic carbocycles. The predicted molar refractivity (Wildman–Crippen MR) is 59.9 cm³/mol. The zero-order chi connectivity index (χ0) is 12.0. The van der Waals surface area contributed by atoms with E-state index in [0.29, 0.717) is 13.0 Å². The molecule has 0 saturated carbocycles. The molecule has 0 bridgehead atoms. The Balaban J connectivity index is 2.63. The summed E-state index contributed by atoms with van der Waals surface area (Å²) in [5.74, 6) is -0.416. The van der Waals surface area contributed by atoms with Crippen LogP contribution in [0.2, 0.25) is 0 Å². The zero-order valence-electron chi connectivity index (χ0n) is 9.59. The number of carbonyl (C=O) groups excluding carboxylic acids is 1. The normalized spacial score (nSPS) is 12.5. The van der Waals surface area contributed by atoms with Crippen molar-refractivity contribution >= 4 is 5.97 Å². The molecule has 4 heteroatoms. The first kappa shape index (κ1) is 12.7. The van der Waals surface area contributed by atoms with Crippen molar-refractivity contribution in [1.82, 2.24) is 5.06 Å². The minimum Gasteiger partial charge on any atom is -0.468 e. The summed E-state index contributed by atoms with van der Waals surface area (Å²) in [5.41, 5.74) is 0.951. The number of hydroxylamine groups is 2. The van der Waals surface area contributed by atoms with E-state index in [1.807, 2.05) is 37.3 Å². The third kappa shape index (κ3) is 3.32. The van der Waals surface area contributed by atoms with Crippen molar-refractivity contribution in [2.24, 2.45) is 0 Å². The minimum absolute atomic E-state index is 0.314. The highest BCUT2D eigenvalue weighted by Crippen LogP contribution is 2.09. The van der Waals surface area contributed by atoms with E-state index >= 15 is 0 Å². The van der Waals surface area contributed by atoms with Gasteiger partial charge in [0.05, 0.1) is 7.11 Å². The number of carbonyl (C=O) groups is 1. The molecule has 0 radical (unpaired) electrons. The monoisotopic (exact) mass is 223 g/mol. The van der Waals surface area contributed by atoms with Gasteiger partial charge in [-0.1, -0.05) is 37.3 Å². The smallest absolute Gasteiger partial charge is 0.325 e. The van der Waals surface area contributed by atoms with Crippen LogP contribution in [0.5, 0.6) is 0 Å². The minimum atomic E-state index is -0.606. The van der Waals surface area contributed by atoms with Crippen molar-refractivity contribution in [3.8, 4) is 0 Å². The fourth-order valence-corrected chi connectivity index (χ4v) is 1.52. The molecule has 1 N–H and O–H groups in total. The third-order valence-electron chi connectivity index (χ3n) is 2.41. The van der Waals surface area contributed by atoms with Gasteiger partial charge in [-0.3, -0.25) is 4.79 Å². The van der Waals surface area contributed by atoms with Gasteiger partial charge in [0, 0.05) is 6.54 Å². The summed E-state index contributed by atoms with van der Waals surface area (Å²) in [6.45, 7) is 2.14. The molecule has 88 valence electrons. The molecule has 0 aliphatic heterocycles. The first-order valence-electron chi connectivity index (χ1n) is 5.26. The molecule has 0 saturated heterocycles. The second-order valence-electron chi connectivity index (χ2n) is 3.53. The van der Waals surface area contributed by atoms with Crippen LogP contribution in [0.15, 0.2) is 30.3 Å². The summed E-state index contributed by atoms with van der Waals surface area (Å²) in [5, 5.41) is 10.8. The van der Waals surface area contributed by atoms with Crippen LogP contribution in [0.3, 0.4) is 0 Å². The van der Waals surface area contributed by atoms with Crippen LogP contribution < -0.4 is 0 Å². The maximum absolute atomic E-state index is 11.4. The molecule has 1 aromatic rings. The Morgan fingerprint density at radius 1 is 1.44 bits per heavy atom. The number of nitrogens with zero attached hydrogens (tertiary/aromatic N) is 1. The lowest BCUT2D eigenvalue weighted by atomic mass is 10.2. The highest BCUT2D eigenvalue weighted by atomic mass is 16.5. The fraction of sp³-hybridized carbons (Fsp3) is 0.417. The van der Waals surface area contributed by atoms with E-state index in [9.17, 15) is 10.0 Å². The molecule has 0 fully saturated rings. The van der Waals surface area contributed by atoms with E-state index in [1.54, 1.807) is 0 Å². The summed E-state index contributed by atoms with van der Waals surface area (Å²) < 4.78 is 4.62. The average molecular weight is 223 g/mol. The van der Waals surface area contributed by atoms with Gasteiger partial charge in [-0.05, 0) is 12.0 Å². The van der Waals surface area contributed by atoms with Gasteiger partial charge < -0.3 is 9.94 Å². The van der Waals surface area contributed by atoms with E-state index in [2.05, 4.69) is 4.74 Å². The van der Waals surface area contributed by atoms with E-state index < -0.39 is 12.0 Å². The van der Waals surface area contributed by atoms with Gasteiger partial charge in [0.2, 0.25) is 0 Å². The number of hydrogen-bond donors (Lipinski definition) is 1. The molecule has 1 unspecified atom stereocenters. The van der Waals surface area contributed by atoms with Crippen LogP contribution >= 0.6 is 0 Å². The van der Waals surface area contributed by atoms with Gasteiger partial charge >= 0.3 is 5.97 Å². The average Bonchev–Trinajstić information content (AvgIpc) is 2.31. The molecular weight excluding hydrogens is 206 g/mol. The molecule has 0 amide bonds. The van der Waals surface area contributed by atoms with Crippen molar-refractivity contribution in [2.45, 2.75) is 25.9 Å². The highest BCUT2D eigenvalue weighted by Gasteiger charge is 2.23. The maximum atomic E-state index is 11.4. The van der Waals surface area contributed by atoms with Crippen molar-refractivity contribution in [3.63, 3.8) is 0 Å². The standard InChI is InChI=1S/C12H17NO3/c1-3-11(12(14)16-2)13(15)9-10-7-5-4-6-8-10/h4-8,11,15H,3,9H2,1-2H3. The van der Waals surface area contributed by atoms with Gasteiger partial charge in [-0.25, -0.2) is 0 Å². The molecule has 0 aromatic heterocycles. The zero-order valence-corrected chi connectivity index (χ0v) is 9.59. The SMILES string of the molecule is CCC(C(=O)OC)N(O)Cc1ccccc1. The Morgan fingerprint density at radius 3 is 2.56 bits per heavy atom. The number of benzene rings is 1. The Kier molecular flexibility index (Phi) is 4.95. The Labute approximate surface area is 95.4 Å². The molecule has 0 heterocycles. The lowest BCUT2D eigenvalue weighted by Crippen LogP contribution is -2.38. The Hall–Kier alpha value is -1.39. The van der Waals surface area contributed by atoms with Crippen molar-refractivity contribution < 1.29 is 14.7 Å². The predicted octanol–water partition coefficient (Wildman–Crippen LogP) is 1.83. The summed E-state index contributed by atoms with van der Waals surface area (Å²) in [6.07, 6.45) is 0.510. The van der Waals surface area contributed by atoms with Gasteiger partial charge in [-0.15, -0.1) is 0 Å². The number of rotatable bonds is 5. The summed E-state index contributed by atoms with van der Waals surface area (Å²) in [6, 6.07) is 8.87. The van der Waals surface area contributed by atoms with E-state index in [-0.39, 0.29) is 0 Å². The molecule has 16 heavy (non-hydrogen) atoms. The second-order valence-corrected chi connectivity index (χ2v) is 3.53. The third-order valence-corrected chi connectivity index (χ3v) is 2.41. The molecule has 1 atom stereocenters. The summed E-state index contributed by atoms with van der Waals surface area (Å²) in [4.78, 5) is 11.4. The first-order valence-corrected chi connectivity index (χ1v) is 5.26. The molecule has 0 aliphatic rings. The van der Waals surface area contributed by atoms with E-state index in [0.717, 1.165) is 10.6 Å². The van der Waals surface area contributed by atoms with E-state index in [4.69, 9.17) is 0 Å². The van der Waals surface area contributed by atoms with Gasteiger partial charge in [0.15, 0.2) is 0 Å². The largest absolute Gasteiger partial charge is 0.468 e. The van der Waals surface area contributed by atoms with Crippen LogP contribution in [-0.2, 0) is 16.1 Å². The van der Waals surface area contributed by atoms with Gasteiger partial charge in [-0.2, -0.15) is 5.06 Å². The van der Waals surface area contributed by atoms with Crippen molar-refractivity contribution in [3.05, 3.63) is 35.9 Å². The van der Waals surface area contributed by atoms with Crippen LogP contribution in [0.25, 0.3) is 0 Å². The quantitative estimate of drug-likeness (QED) is 0.611. The molecule has 1 rings (SSSR count). The molecule has 1 aromatic carbocycles. The first-order chi connectivity index (χ1) is 7.69. The van der Waals surface area contributed by atoms with Crippen molar-refractivity contribution in [1.29, 1.82) is 0 Å². The topological polar surface area (TPSA) is 49.8 Å². The van der Waals surface area contributed by atoms with Crippen molar-refractivity contribution in [2.75, 3.05) is 7.11 Å². The van der Waals surface area contributed by atoms with Gasteiger partial charge in [0.1, 0.15) is 6.04 Å². The summed E-state index contributed by atoms with van der Waals surface area (Å²) >= 11 is 0. The van der Waals surface area contributed by atoms with Crippen LogP contribution in [-0.4, -0.2) is 29.4 Å². The van der Waals surface area contributed by atoms with Crippen LogP contribution in [0.1, 0.15) is 18.9 Å². The van der Waals surface area contributed by atoms with Crippen LogP contribution in [0.4, 0.5) is 0 Å². The summed E-state index contributed by atoms with van der Waals surface area (Å²) in [7, 11) is 1.32. The number of hydrogen-bond acceptors (Lipinski definition) is 4. The van der Waals surface area contributed by atoms with Gasteiger partial charge in [0.25, 0.3) is 0 Å². The molecule has 0 spiro atoms. The van der Waals surface area contributed by atoms with Crippen LogP contribution in [0, 0.1) is 0 Å². The Bertz CT molecular complexity index is 326. The number of methoxy groups -OCH3 is 1. The Morgan fingerprint density at radius 2 is 2.06 bits per heavy atom. The lowest BCUT2D eigenvalue weighted by Gasteiger charge is -2.22. The molecular formula is C12H17NO3. The second kappa shape index (κ2) is 6.25. The fourth-order valence-electron chi connectivity index (χ4n) is 1.52. The number of ether oxygens (including phenoxy) is 1. The molecule has 4 nitrogen and oxygen atoms in total. The highest BCUT2D eigenvalue weighted by molar-refractivity contribution is 5.75. The maximum Gasteiger partial charge on any atom is 0.325 e. The number of esters is 1. The van der Waals surface area contributed by atoms with E-state index in [1.165, 1.54) is 7.11 Å².